The van der Waals surface area contributed by atoms with E-state index in [9.17, 15) is 13.2 Å². The molecule has 0 unspecified atom stereocenters. The molecule has 2 aromatic rings. The van der Waals surface area contributed by atoms with Gasteiger partial charge in [0.2, 0.25) is 0 Å². The van der Waals surface area contributed by atoms with E-state index < -0.39 is 22.5 Å². The fourth-order valence-corrected chi connectivity index (χ4v) is 3.38. The molecular weight excluding hydrogens is 354 g/mol. The lowest BCUT2D eigenvalue weighted by Gasteiger charge is -2.12. The fourth-order valence-electron chi connectivity index (χ4n) is 2.16. The number of nitrogens with one attached hydrogen (secondary N) is 1. The summed E-state index contributed by atoms with van der Waals surface area (Å²) in [5.74, 6) is 0.692. The minimum atomic E-state index is -3.93. The number of hydrogen-bond donors (Lipinski definition) is 1. The first kappa shape index (κ1) is 19.8. The average Bonchev–Trinajstić information content (AvgIpc) is 2.58. The highest BCUT2D eigenvalue weighted by molar-refractivity contribution is 7.90. The Morgan fingerprint density at radius 2 is 1.69 bits per heavy atom. The van der Waals surface area contributed by atoms with Crippen LogP contribution in [0.4, 0.5) is 0 Å². The van der Waals surface area contributed by atoms with Crippen molar-refractivity contribution in [2.75, 3.05) is 13.2 Å². The summed E-state index contributed by atoms with van der Waals surface area (Å²) in [6.45, 7) is 5.90. The summed E-state index contributed by atoms with van der Waals surface area (Å²) in [5, 5.41) is 0. The minimum absolute atomic E-state index is 0.0671. The zero-order valence-electron chi connectivity index (χ0n) is 15.1. The predicted octanol–water partition coefficient (Wildman–Crippen LogP) is 2.91. The first-order chi connectivity index (χ1) is 12.3. The fraction of sp³-hybridized carbons (Fsp3) is 0.316. The molecule has 7 heteroatoms. The Balaban J connectivity index is 1.95. The van der Waals surface area contributed by atoms with Gasteiger partial charge >= 0.3 is 0 Å². The van der Waals surface area contributed by atoms with Crippen molar-refractivity contribution in [1.29, 1.82) is 0 Å². The zero-order valence-corrected chi connectivity index (χ0v) is 15.9. The Labute approximate surface area is 154 Å². The summed E-state index contributed by atoms with van der Waals surface area (Å²) in [6.07, 6.45) is 0. The van der Waals surface area contributed by atoms with E-state index in [1.807, 2.05) is 18.6 Å². The third-order valence-electron chi connectivity index (χ3n) is 3.39. The maximum Gasteiger partial charge on any atom is 0.271 e. The Kier molecular flexibility index (Phi) is 6.63. The van der Waals surface area contributed by atoms with E-state index in [2.05, 4.69) is 0 Å². The lowest BCUT2D eigenvalue weighted by Crippen LogP contribution is -2.34. The second-order valence-electron chi connectivity index (χ2n) is 6.26. The molecule has 0 heterocycles. The van der Waals surface area contributed by atoms with Crippen molar-refractivity contribution in [1.82, 2.24) is 4.72 Å². The second-order valence-corrected chi connectivity index (χ2v) is 7.91. The quantitative estimate of drug-likeness (QED) is 0.765. The van der Waals surface area contributed by atoms with Crippen LogP contribution in [0.2, 0.25) is 0 Å². The molecule has 1 N–H and O–H groups in total. The molecule has 0 bridgehead atoms. The molecule has 6 nitrogen and oxygen atoms in total. The van der Waals surface area contributed by atoms with E-state index in [1.165, 1.54) is 6.07 Å². The van der Waals surface area contributed by atoms with Gasteiger partial charge in [-0.2, -0.15) is 0 Å². The minimum Gasteiger partial charge on any atom is -0.493 e. The third-order valence-corrected chi connectivity index (χ3v) is 4.92. The smallest absolute Gasteiger partial charge is 0.271 e. The number of carbonyl (C=O) groups excluding carboxylic acids is 1. The van der Waals surface area contributed by atoms with Gasteiger partial charge in [-0.15, -0.1) is 0 Å². The van der Waals surface area contributed by atoms with E-state index in [-0.39, 0.29) is 4.90 Å². The van der Waals surface area contributed by atoms with Crippen molar-refractivity contribution < 1.29 is 22.7 Å². The monoisotopic (exact) mass is 377 g/mol. The van der Waals surface area contributed by atoms with Crippen LogP contribution in [-0.4, -0.2) is 27.5 Å². The highest BCUT2D eigenvalue weighted by Gasteiger charge is 2.19. The predicted molar refractivity (Wildman–Crippen MR) is 98.8 cm³/mol. The molecule has 2 aromatic carbocycles. The van der Waals surface area contributed by atoms with Gasteiger partial charge in [0.25, 0.3) is 15.9 Å². The lowest BCUT2D eigenvalue weighted by atomic mass is 10.2. The Morgan fingerprint density at radius 3 is 2.35 bits per heavy atom. The van der Waals surface area contributed by atoms with Gasteiger partial charge in [0.1, 0.15) is 11.5 Å². The molecule has 0 fully saturated rings. The van der Waals surface area contributed by atoms with Gasteiger partial charge < -0.3 is 9.47 Å². The first-order valence-electron chi connectivity index (χ1n) is 8.25. The summed E-state index contributed by atoms with van der Waals surface area (Å²) < 4.78 is 37.5. The van der Waals surface area contributed by atoms with Gasteiger partial charge in [-0.3, -0.25) is 4.79 Å². The molecule has 0 aromatic heterocycles. The van der Waals surface area contributed by atoms with Crippen LogP contribution in [0.25, 0.3) is 0 Å². The maximum absolute atomic E-state index is 12.3. The highest BCUT2D eigenvalue weighted by Crippen LogP contribution is 2.20. The number of aryl methyl sites for hydroxylation is 1. The molecule has 2 rings (SSSR count). The Morgan fingerprint density at radius 1 is 1.04 bits per heavy atom. The van der Waals surface area contributed by atoms with Crippen LogP contribution in [0.5, 0.6) is 11.5 Å². The first-order valence-corrected chi connectivity index (χ1v) is 9.73. The van der Waals surface area contributed by atoms with Crippen LogP contribution in [0.15, 0.2) is 53.4 Å². The second kappa shape index (κ2) is 8.71. The number of rotatable bonds is 8. The van der Waals surface area contributed by atoms with E-state index in [0.29, 0.717) is 29.6 Å². The number of hydrogen-bond acceptors (Lipinski definition) is 5. The standard InChI is InChI=1S/C19H23NO5S/c1-14(2)12-24-16-8-6-9-17(11-16)25-13-19(21)20-26(22,23)18-10-5-4-7-15(18)3/h4-11,14H,12-13H2,1-3H3,(H,20,21). The van der Waals surface area contributed by atoms with E-state index in [4.69, 9.17) is 9.47 Å². The van der Waals surface area contributed by atoms with Gasteiger partial charge in [0, 0.05) is 6.07 Å². The maximum atomic E-state index is 12.3. The van der Waals surface area contributed by atoms with Gasteiger partial charge in [0.15, 0.2) is 6.61 Å². The Hall–Kier alpha value is -2.54. The van der Waals surface area contributed by atoms with Crippen LogP contribution < -0.4 is 14.2 Å². The van der Waals surface area contributed by atoms with Gasteiger partial charge in [0.05, 0.1) is 11.5 Å². The van der Waals surface area contributed by atoms with Gasteiger partial charge in [-0.1, -0.05) is 38.1 Å². The van der Waals surface area contributed by atoms with Crippen molar-refractivity contribution in [3.63, 3.8) is 0 Å². The van der Waals surface area contributed by atoms with Crippen molar-refractivity contribution >= 4 is 15.9 Å². The topological polar surface area (TPSA) is 81.7 Å². The SMILES string of the molecule is Cc1ccccc1S(=O)(=O)NC(=O)COc1cccc(OCC(C)C)c1. The molecule has 0 aliphatic heterocycles. The van der Waals surface area contributed by atoms with E-state index in [1.54, 1.807) is 49.4 Å². The van der Waals surface area contributed by atoms with E-state index >= 15 is 0 Å². The lowest BCUT2D eigenvalue weighted by molar-refractivity contribution is -0.121. The molecule has 0 atom stereocenters. The largest absolute Gasteiger partial charge is 0.493 e. The summed E-state index contributed by atoms with van der Waals surface area (Å²) in [4.78, 5) is 12.0. The molecule has 0 radical (unpaired) electrons. The molecule has 1 amide bonds. The highest BCUT2D eigenvalue weighted by atomic mass is 32.2. The number of benzene rings is 2. The van der Waals surface area contributed by atoms with Crippen LogP contribution in [0.3, 0.4) is 0 Å². The van der Waals surface area contributed by atoms with Crippen LogP contribution >= 0.6 is 0 Å². The van der Waals surface area contributed by atoms with Crippen molar-refractivity contribution in [2.45, 2.75) is 25.7 Å². The molecule has 140 valence electrons. The van der Waals surface area contributed by atoms with Gasteiger partial charge in [-0.25, -0.2) is 13.1 Å². The van der Waals surface area contributed by atoms with Crippen LogP contribution in [0, 0.1) is 12.8 Å². The number of carbonyl (C=O) groups is 1. The molecule has 0 saturated carbocycles. The van der Waals surface area contributed by atoms with Crippen molar-refractivity contribution in [2.24, 2.45) is 5.92 Å². The molecule has 0 spiro atoms. The molecule has 0 aliphatic carbocycles. The van der Waals surface area contributed by atoms with E-state index in [0.717, 1.165) is 0 Å². The average molecular weight is 377 g/mol. The van der Waals surface area contributed by atoms with Crippen LogP contribution in [-0.2, 0) is 14.8 Å². The summed E-state index contributed by atoms with van der Waals surface area (Å²) in [7, 11) is -3.93. The number of amides is 1. The summed E-state index contributed by atoms with van der Waals surface area (Å²) in [5.41, 5.74) is 0.559. The Bertz CT molecular complexity index is 862. The molecule has 0 aliphatic rings. The summed E-state index contributed by atoms with van der Waals surface area (Å²) in [6, 6.07) is 13.3. The molecule has 0 saturated heterocycles. The number of sulfonamides is 1. The van der Waals surface area contributed by atoms with Crippen molar-refractivity contribution in [3.05, 3.63) is 54.1 Å². The summed E-state index contributed by atoms with van der Waals surface area (Å²) >= 11 is 0. The molecule has 26 heavy (non-hydrogen) atoms. The normalized spacial score (nSPS) is 11.2. The molecular formula is C19H23NO5S. The number of ether oxygens (including phenoxy) is 2. The third kappa shape index (κ3) is 5.77. The van der Waals surface area contributed by atoms with Crippen LogP contribution in [0.1, 0.15) is 19.4 Å². The van der Waals surface area contributed by atoms with Gasteiger partial charge in [-0.05, 0) is 36.6 Å². The van der Waals surface area contributed by atoms with Crippen molar-refractivity contribution in [3.8, 4) is 11.5 Å². The zero-order chi connectivity index (χ0) is 19.2.